The van der Waals surface area contributed by atoms with Crippen molar-refractivity contribution in [2.24, 2.45) is 0 Å². The summed E-state index contributed by atoms with van der Waals surface area (Å²) in [5.74, 6) is 0.158. The molecule has 118 valence electrons. The first-order valence-corrected chi connectivity index (χ1v) is 7.10. The third-order valence-electron chi connectivity index (χ3n) is 3.45. The number of nitrogens with one attached hydrogen (secondary N) is 1. The average Bonchev–Trinajstić information content (AvgIpc) is 2.87. The monoisotopic (exact) mass is 297 g/mol. The van der Waals surface area contributed by atoms with E-state index in [9.17, 15) is 9.90 Å². The molecule has 2 N–H and O–H groups in total. The van der Waals surface area contributed by atoms with Crippen molar-refractivity contribution in [3.8, 4) is 0 Å². The first kappa shape index (κ1) is 15.9. The largest absolute Gasteiger partial charge is 0.395 e. The Hall–Kier alpha value is -1.44. The number of nitrogens with zero attached hydrogens (tertiary/aromatic N) is 2. The third kappa shape index (κ3) is 4.26. The van der Waals surface area contributed by atoms with Crippen molar-refractivity contribution >= 4 is 11.8 Å². The first-order valence-electron chi connectivity index (χ1n) is 7.10. The van der Waals surface area contributed by atoms with Gasteiger partial charge in [-0.15, -0.1) is 0 Å². The topological polar surface area (TPSA) is 87.8 Å². The molecule has 0 aromatic carbocycles. The van der Waals surface area contributed by atoms with Crippen molar-refractivity contribution in [3.63, 3.8) is 0 Å². The number of ether oxygens (including phenoxy) is 1. The summed E-state index contributed by atoms with van der Waals surface area (Å²) in [6, 6.07) is 1.60. The van der Waals surface area contributed by atoms with E-state index in [4.69, 9.17) is 9.26 Å². The van der Waals surface area contributed by atoms with Gasteiger partial charge in [-0.2, -0.15) is 0 Å². The van der Waals surface area contributed by atoms with Gasteiger partial charge in [-0.1, -0.05) is 25.9 Å². The highest BCUT2D eigenvalue weighted by Crippen LogP contribution is 2.23. The van der Waals surface area contributed by atoms with Crippen LogP contribution in [0.15, 0.2) is 10.6 Å². The Labute approximate surface area is 124 Å². The minimum Gasteiger partial charge on any atom is -0.395 e. The van der Waals surface area contributed by atoms with Crippen LogP contribution < -0.4 is 5.32 Å². The molecule has 1 aliphatic rings. The van der Waals surface area contributed by atoms with Gasteiger partial charge in [-0.05, 0) is 0 Å². The quantitative estimate of drug-likeness (QED) is 0.846. The Bertz CT molecular complexity index is 481. The predicted molar refractivity (Wildman–Crippen MR) is 77.1 cm³/mol. The molecular weight excluding hydrogens is 274 g/mol. The molecule has 7 heteroatoms. The maximum Gasteiger partial charge on any atom is 0.240 e. The molecule has 0 aliphatic carbocycles. The van der Waals surface area contributed by atoms with Gasteiger partial charge in [0.25, 0.3) is 0 Å². The standard InChI is InChI=1S/C14H23N3O4/c1-14(2,3)11-6-13(21-16-11)15-12(19)7-17-4-5-20-9-10(17)8-18/h6,10,18H,4-5,7-9H2,1-3H3,(H,15,19). The Morgan fingerprint density at radius 3 is 2.95 bits per heavy atom. The lowest BCUT2D eigenvalue weighted by molar-refractivity contribution is -0.120. The fourth-order valence-electron chi connectivity index (χ4n) is 2.11. The molecule has 2 heterocycles. The summed E-state index contributed by atoms with van der Waals surface area (Å²) in [6.45, 7) is 7.88. The SMILES string of the molecule is CC(C)(C)c1cc(NC(=O)CN2CCOCC2CO)on1. The van der Waals surface area contributed by atoms with Crippen molar-refractivity contribution in [3.05, 3.63) is 11.8 Å². The molecule has 0 saturated carbocycles. The molecule has 1 aromatic rings. The van der Waals surface area contributed by atoms with Gasteiger partial charge < -0.3 is 14.4 Å². The molecule has 0 spiro atoms. The lowest BCUT2D eigenvalue weighted by atomic mass is 9.92. The van der Waals surface area contributed by atoms with Crippen LogP contribution in [0.3, 0.4) is 0 Å². The number of rotatable bonds is 4. The molecule has 2 rings (SSSR count). The van der Waals surface area contributed by atoms with Crippen molar-refractivity contribution < 1.29 is 19.2 Å². The molecule has 1 saturated heterocycles. The lowest BCUT2D eigenvalue weighted by Crippen LogP contribution is -2.50. The Balaban J connectivity index is 1.91. The minimum absolute atomic E-state index is 0.0240. The number of anilines is 1. The van der Waals surface area contributed by atoms with Gasteiger partial charge in [0.2, 0.25) is 11.8 Å². The first-order chi connectivity index (χ1) is 9.90. The van der Waals surface area contributed by atoms with Crippen LogP contribution in [0.2, 0.25) is 0 Å². The van der Waals surface area contributed by atoms with Gasteiger partial charge >= 0.3 is 0 Å². The second-order valence-corrected chi connectivity index (χ2v) is 6.26. The number of amides is 1. The number of carbonyl (C=O) groups is 1. The predicted octanol–water partition coefficient (Wildman–Crippen LogP) is 0.604. The third-order valence-corrected chi connectivity index (χ3v) is 3.45. The van der Waals surface area contributed by atoms with E-state index >= 15 is 0 Å². The fraction of sp³-hybridized carbons (Fsp3) is 0.714. The van der Waals surface area contributed by atoms with Gasteiger partial charge in [-0.3, -0.25) is 15.0 Å². The molecule has 1 amide bonds. The number of aliphatic hydroxyl groups excluding tert-OH is 1. The molecule has 1 unspecified atom stereocenters. The van der Waals surface area contributed by atoms with E-state index < -0.39 is 0 Å². The number of hydrogen-bond acceptors (Lipinski definition) is 6. The molecule has 1 fully saturated rings. The number of aliphatic hydroxyl groups is 1. The van der Waals surface area contributed by atoms with Crippen LogP contribution in [0, 0.1) is 0 Å². The highest BCUT2D eigenvalue weighted by molar-refractivity contribution is 5.91. The van der Waals surface area contributed by atoms with Crippen LogP contribution in [0.5, 0.6) is 0 Å². The smallest absolute Gasteiger partial charge is 0.240 e. The number of morpholine rings is 1. The zero-order valence-electron chi connectivity index (χ0n) is 12.8. The van der Waals surface area contributed by atoms with Crippen LogP contribution in [0.25, 0.3) is 0 Å². The summed E-state index contributed by atoms with van der Waals surface area (Å²) in [4.78, 5) is 13.9. The second-order valence-electron chi connectivity index (χ2n) is 6.26. The van der Waals surface area contributed by atoms with Crippen molar-refractivity contribution in [2.75, 3.05) is 38.2 Å². The van der Waals surface area contributed by atoms with Gasteiger partial charge in [0.1, 0.15) is 0 Å². The van der Waals surface area contributed by atoms with Crippen molar-refractivity contribution in [2.45, 2.75) is 32.2 Å². The lowest BCUT2D eigenvalue weighted by Gasteiger charge is -2.33. The van der Waals surface area contributed by atoms with Crippen molar-refractivity contribution in [1.82, 2.24) is 10.1 Å². The normalized spacial score (nSPS) is 20.5. The fourth-order valence-corrected chi connectivity index (χ4v) is 2.11. The van der Waals surface area contributed by atoms with E-state index in [2.05, 4.69) is 10.5 Å². The van der Waals surface area contributed by atoms with E-state index in [0.717, 1.165) is 5.69 Å². The molecule has 7 nitrogen and oxygen atoms in total. The highest BCUT2D eigenvalue weighted by atomic mass is 16.5. The summed E-state index contributed by atoms with van der Waals surface area (Å²) in [5, 5.41) is 15.9. The summed E-state index contributed by atoms with van der Waals surface area (Å²) >= 11 is 0. The zero-order chi connectivity index (χ0) is 15.5. The summed E-state index contributed by atoms with van der Waals surface area (Å²) in [7, 11) is 0. The van der Waals surface area contributed by atoms with Crippen LogP contribution in [-0.4, -0.2) is 60.0 Å². The van der Waals surface area contributed by atoms with E-state index in [1.165, 1.54) is 0 Å². The van der Waals surface area contributed by atoms with Gasteiger partial charge in [0.15, 0.2) is 0 Å². The molecule has 21 heavy (non-hydrogen) atoms. The van der Waals surface area contributed by atoms with Crippen LogP contribution >= 0.6 is 0 Å². The maximum atomic E-state index is 12.0. The van der Waals surface area contributed by atoms with E-state index in [1.807, 2.05) is 25.7 Å². The summed E-state index contributed by atoms with van der Waals surface area (Å²) < 4.78 is 10.4. The molecule has 1 aliphatic heterocycles. The van der Waals surface area contributed by atoms with E-state index in [-0.39, 0.29) is 30.5 Å². The molecule has 0 radical (unpaired) electrons. The zero-order valence-corrected chi connectivity index (χ0v) is 12.8. The number of aromatic nitrogens is 1. The van der Waals surface area contributed by atoms with Gasteiger partial charge in [0.05, 0.1) is 38.1 Å². The van der Waals surface area contributed by atoms with Crippen LogP contribution in [0.1, 0.15) is 26.5 Å². The molecule has 1 atom stereocenters. The number of hydrogen-bond donors (Lipinski definition) is 2. The minimum atomic E-state index is -0.188. The molecular formula is C14H23N3O4. The number of carbonyl (C=O) groups excluding carboxylic acids is 1. The average molecular weight is 297 g/mol. The Morgan fingerprint density at radius 2 is 2.33 bits per heavy atom. The van der Waals surface area contributed by atoms with Crippen LogP contribution in [0.4, 0.5) is 5.88 Å². The molecule has 1 aromatic heterocycles. The van der Waals surface area contributed by atoms with Gasteiger partial charge in [0, 0.05) is 18.0 Å². The Kier molecular flexibility index (Phi) is 4.97. The summed E-state index contributed by atoms with van der Waals surface area (Å²) in [6.07, 6.45) is 0. The molecule has 0 bridgehead atoms. The van der Waals surface area contributed by atoms with Crippen LogP contribution in [-0.2, 0) is 14.9 Å². The van der Waals surface area contributed by atoms with Crippen molar-refractivity contribution in [1.29, 1.82) is 0 Å². The maximum absolute atomic E-state index is 12.0. The van der Waals surface area contributed by atoms with E-state index in [1.54, 1.807) is 6.07 Å². The second kappa shape index (κ2) is 6.55. The van der Waals surface area contributed by atoms with E-state index in [0.29, 0.717) is 25.6 Å². The Morgan fingerprint density at radius 1 is 1.57 bits per heavy atom. The highest BCUT2D eigenvalue weighted by Gasteiger charge is 2.25. The van der Waals surface area contributed by atoms with Gasteiger partial charge in [-0.25, -0.2) is 0 Å². The summed E-state index contributed by atoms with van der Waals surface area (Å²) in [5.41, 5.74) is 0.663.